The molecule has 7 nitrogen and oxygen atoms in total. The van der Waals surface area contributed by atoms with Gasteiger partial charge in [0.2, 0.25) is 0 Å². The Morgan fingerprint density at radius 2 is 1.71 bits per heavy atom. The molecule has 1 aromatic rings. The van der Waals surface area contributed by atoms with Gasteiger partial charge in [0.25, 0.3) is 0 Å². The molecule has 3 N–H and O–H groups in total. The van der Waals surface area contributed by atoms with Crippen molar-refractivity contribution in [3.8, 4) is 0 Å². The van der Waals surface area contributed by atoms with Gasteiger partial charge in [0.05, 0.1) is 5.54 Å². The molecule has 0 aliphatic carbocycles. The average Bonchev–Trinajstić information content (AvgIpc) is 2.67. The number of alkyl carbamates (subject to hydrolysis) is 1. The maximum absolute atomic E-state index is 12.1. The van der Waals surface area contributed by atoms with Crippen molar-refractivity contribution in [3.05, 3.63) is 35.9 Å². The summed E-state index contributed by atoms with van der Waals surface area (Å²) in [7, 11) is 1.75. The lowest BCUT2D eigenvalue weighted by molar-refractivity contribution is 0.0474. The van der Waals surface area contributed by atoms with Gasteiger partial charge in [0.15, 0.2) is 5.96 Å². The van der Waals surface area contributed by atoms with Crippen LogP contribution in [0.2, 0.25) is 0 Å². The molecule has 1 aliphatic heterocycles. The van der Waals surface area contributed by atoms with Crippen molar-refractivity contribution < 1.29 is 14.3 Å². The maximum Gasteiger partial charge on any atom is 0.408 e. The van der Waals surface area contributed by atoms with Crippen LogP contribution < -0.4 is 16.0 Å². The predicted molar refractivity (Wildman–Crippen MR) is 136 cm³/mol. The molecule has 0 radical (unpaired) electrons. The van der Waals surface area contributed by atoms with Crippen molar-refractivity contribution in [3.63, 3.8) is 0 Å². The second-order valence-corrected chi connectivity index (χ2v) is 9.55. The minimum atomic E-state index is -0.527. The van der Waals surface area contributed by atoms with E-state index in [4.69, 9.17) is 9.47 Å². The summed E-state index contributed by atoms with van der Waals surface area (Å²) in [4.78, 5) is 16.5. The van der Waals surface area contributed by atoms with Crippen LogP contribution in [0.4, 0.5) is 4.79 Å². The number of carbonyl (C=O) groups is 1. The van der Waals surface area contributed by atoms with E-state index in [-0.39, 0.29) is 29.4 Å². The highest BCUT2D eigenvalue weighted by Crippen LogP contribution is 2.34. The van der Waals surface area contributed by atoms with Crippen molar-refractivity contribution in [2.45, 2.75) is 64.0 Å². The highest BCUT2D eigenvalue weighted by atomic mass is 127. The second-order valence-electron chi connectivity index (χ2n) is 9.55. The summed E-state index contributed by atoms with van der Waals surface area (Å²) >= 11 is 0. The van der Waals surface area contributed by atoms with E-state index in [0.29, 0.717) is 12.5 Å². The average molecular weight is 546 g/mol. The number of halogens is 1. The number of guanidine groups is 1. The quantitative estimate of drug-likeness (QED) is 0.287. The summed E-state index contributed by atoms with van der Waals surface area (Å²) in [5.74, 6) is 0.705. The molecule has 0 bridgehead atoms. The van der Waals surface area contributed by atoms with E-state index in [1.54, 1.807) is 7.05 Å². The van der Waals surface area contributed by atoms with E-state index in [1.165, 1.54) is 5.56 Å². The molecule has 1 fully saturated rings. The van der Waals surface area contributed by atoms with Gasteiger partial charge in [0, 0.05) is 38.8 Å². The normalized spacial score (nSPS) is 16.6. The van der Waals surface area contributed by atoms with Gasteiger partial charge in [-0.3, -0.25) is 4.99 Å². The molecule has 31 heavy (non-hydrogen) atoms. The molecule has 1 aromatic carbocycles. The number of ether oxygens (including phenoxy) is 2. The third-order valence-corrected chi connectivity index (χ3v) is 5.19. The van der Waals surface area contributed by atoms with Crippen molar-refractivity contribution in [1.82, 2.24) is 16.0 Å². The third-order valence-electron chi connectivity index (χ3n) is 5.19. The lowest BCUT2D eigenvalue weighted by atomic mass is 9.74. The smallest absolute Gasteiger partial charge is 0.408 e. The molecule has 1 heterocycles. The van der Waals surface area contributed by atoms with Gasteiger partial charge < -0.3 is 25.4 Å². The van der Waals surface area contributed by atoms with Crippen LogP contribution in [0, 0.1) is 0 Å². The molecule has 0 unspecified atom stereocenters. The van der Waals surface area contributed by atoms with Gasteiger partial charge in [-0.25, -0.2) is 4.79 Å². The molecule has 1 saturated heterocycles. The van der Waals surface area contributed by atoms with E-state index in [0.717, 1.165) is 32.6 Å². The molecule has 0 spiro atoms. The fourth-order valence-corrected chi connectivity index (χ4v) is 3.52. The van der Waals surface area contributed by atoms with Crippen LogP contribution in [0.1, 0.15) is 53.0 Å². The minimum absolute atomic E-state index is 0. The fourth-order valence-electron chi connectivity index (χ4n) is 3.52. The molecule has 2 rings (SSSR count). The summed E-state index contributed by atoms with van der Waals surface area (Å²) in [5.41, 5.74) is 0.306. The van der Waals surface area contributed by atoms with E-state index >= 15 is 0 Å². The Morgan fingerprint density at radius 1 is 1.10 bits per heavy atom. The standard InChI is InChI=1S/C23H38N4O3.HI/c1-21(2,3)30-20(28)27-22(4,5)16-25-19(24-6)26-17-23(12-14-29-15-13-23)18-10-8-7-9-11-18;/h7-11H,12-17H2,1-6H3,(H,27,28)(H2,24,25,26);1H. The zero-order valence-electron chi connectivity index (χ0n) is 19.7. The number of nitrogens with zero attached hydrogens (tertiary/aromatic N) is 1. The van der Waals surface area contributed by atoms with Gasteiger partial charge in [-0.1, -0.05) is 30.3 Å². The lowest BCUT2D eigenvalue weighted by Gasteiger charge is -2.38. The Morgan fingerprint density at radius 3 is 2.26 bits per heavy atom. The number of rotatable bonds is 6. The topological polar surface area (TPSA) is 84.0 Å². The Balaban J connectivity index is 0.00000480. The highest BCUT2D eigenvalue weighted by Gasteiger charge is 2.34. The highest BCUT2D eigenvalue weighted by molar-refractivity contribution is 14.0. The number of aliphatic imine (C=N–C) groups is 1. The Hall–Kier alpha value is -1.55. The Labute approximate surface area is 204 Å². The van der Waals surface area contributed by atoms with Crippen LogP contribution in [0.5, 0.6) is 0 Å². The Kier molecular flexibility index (Phi) is 10.5. The largest absolute Gasteiger partial charge is 0.444 e. The van der Waals surface area contributed by atoms with Crippen LogP contribution in [0.3, 0.4) is 0 Å². The SMILES string of the molecule is CN=C(NCC(C)(C)NC(=O)OC(C)(C)C)NCC1(c2ccccc2)CCOCC1.I. The number of hydrogen-bond donors (Lipinski definition) is 3. The van der Waals surface area contributed by atoms with Gasteiger partial charge in [-0.05, 0) is 53.0 Å². The molecule has 0 saturated carbocycles. The Bertz CT molecular complexity index is 711. The van der Waals surface area contributed by atoms with Crippen molar-refractivity contribution in [1.29, 1.82) is 0 Å². The monoisotopic (exact) mass is 546 g/mol. The molecule has 1 aliphatic rings. The van der Waals surface area contributed by atoms with E-state index in [1.807, 2.05) is 40.7 Å². The van der Waals surface area contributed by atoms with Crippen LogP contribution >= 0.6 is 24.0 Å². The number of amides is 1. The zero-order chi connectivity index (χ0) is 22.3. The molecule has 1 amide bonds. The maximum atomic E-state index is 12.1. The number of carbonyl (C=O) groups excluding carboxylic acids is 1. The molecule has 0 aromatic heterocycles. The fraction of sp³-hybridized carbons (Fsp3) is 0.652. The van der Waals surface area contributed by atoms with E-state index in [2.05, 4.69) is 45.2 Å². The second kappa shape index (κ2) is 11.9. The third kappa shape index (κ3) is 9.22. The summed E-state index contributed by atoms with van der Waals surface area (Å²) in [6.45, 7) is 12.2. The van der Waals surface area contributed by atoms with Crippen LogP contribution in [0.25, 0.3) is 0 Å². The first-order valence-electron chi connectivity index (χ1n) is 10.6. The van der Waals surface area contributed by atoms with Gasteiger partial charge in [-0.15, -0.1) is 24.0 Å². The number of hydrogen-bond acceptors (Lipinski definition) is 4. The number of nitrogens with one attached hydrogen (secondary N) is 3. The molecule has 176 valence electrons. The van der Waals surface area contributed by atoms with Gasteiger partial charge in [0.1, 0.15) is 5.60 Å². The van der Waals surface area contributed by atoms with Crippen LogP contribution in [-0.2, 0) is 14.9 Å². The van der Waals surface area contributed by atoms with Gasteiger partial charge in [-0.2, -0.15) is 0 Å². The van der Waals surface area contributed by atoms with Crippen molar-refractivity contribution >= 4 is 36.0 Å². The molecule has 8 heteroatoms. The van der Waals surface area contributed by atoms with Crippen LogP contribution in [0.15, 0.2) is 35.3 Å². The van der Waals surface area contributed by atoms with E-state index < -0.39 is 17.2 Å². The molecular formula is C23H39IN4O3. The summed E-state index contributed by atoms with van der Waals surface area (Å²) in [6.07, 6.45) is 1.50. The minimum Gasteiger partial charge on any atom is -0.444 e. The first-order chi connectivity index (χ1) is 14.1. The summed E-state index contributed by atoms with van der Waals surface area (Å²) in [5, 5.41) is 9.71. The first-order valence-corrected chi connectivity index (χ1v) is 10.6. The summed E-state index contributed by atoms with van der Waals surface area (Å²) in [6, 6.07) is 10.6. The summed E-state index contributed by atoms with van der Waals surface area (Å²) < 4.78 is 11.0. The van der Waals surface area contributed by atoms with Crippen molar-refractivity contribution in [2.75, 3.05) is 33.4 Å². The van der Waals surface area contributed by atoms with Crippen molar-refractivity contribution in [2.24, 2.45) is 4.99 Å². The number of benzene rings is 1. The van der Waals surface area contributed by atoms with Crippen LogP contribution in [-0.4, -0.2) is 56.5 Å². The zero-order valence-corrected chi connectivity index (χ0v) is 22.0. The van der Waals surface area contributed by atoms with Gasteiger partial charge >= 0.3 is 6.09 Å². The van der Waals surface area contributed by atoms with E-state index in [9.17, 15) is 4.79 Å². The molecule has 0 atom stereocenters. The lowest BCUT2D eigenvalue weighted by Crippen LogP contribution is -2.55. The molecular weight excluding hydrogens is 507 g/mol. The first kappa shape index (κ1) is 27.5. The predicted octanol–water partition coefficient (Wildman–Crippen LogP) is 3.82.